The quantitative estimate of drug-likeness (QED) is 0.809. The molecular formula is C18H24ClN3O4S. The molecule has 148 valence electrons. The second kappa shape index (κ2) is 8.88. The fourth-order valence-corrected chi connectivity index (χ4v) is 5.03. The molecule has 2 aromatic rings. The van der Waals surface area contributed by atoms with E-state index in [1.54, 1.807) is 25.4 Å². The number of benzene rings is 1. The van der Waals surface area contributed by atoms with Crippen molar-refractivity contribution in [2.45, 2.75) is 17.9 Å². The van der Waals surface area contributed by atoms with Gasteiger partial charge < -0.3 is 14.8 Å². The van der Waals surface area contributed by atoms with E-state index in [1.165, 1.54) is 24.6 Å². The maximum absolute atomic E-state index is 13.4. The van der Waals surface area contributed by atoms with Gasteiger partial charge >= 0.3 is 0 Å². The van der Waals surface area contributed by atoms with Crippen LogP contribution in [0.4, 0.5) is 0 Å². The molecule has 27 heavy (non-hydrogen) atoms. The molecule has 1 aliphatic rings. The summed E-state index contributed by atoms with van der Waals surface area (Å²) in [5.74, 6) is 0.901. The van der Waals surface area contributed by atoms with Crippen molar-refractivity contribution in [1.29, 1.82) is 0 Å². The zero-order chi connectivity index (χ0) is 18.7. The summed E-state index contributed by atoms with van der Waals surface area (Å²) in [6, 6.07) is 6.62. The van der Waals surface area contributed by atoms with Gasteiger partial charge in [-0.1, -0.05) is 6.07 Å². The predicted octanol–water partition coefficient (Wildman–Crippen LogP) is 2.16. The first-order chi connectivity index (χ1) is 12.5. The first-order valence-electron chi connectivity index (χ1n) is 8.34. The van der Waals surface area contributed by atoms with Gasteiger partial charge in [0.05, 0.1) is 25.2 Å². The molecule has 1 unspecified atom stereocenters. The van der Waals surface area contributed by atoms with E-state index in [9.17, 15) is 8.42 Å². The van der Waals surface area contributed by atoms with E-state index in [1.807, 2.05) is 12.1 Å². The van der Waals surface area contributed by atoms with Crippen molar-refractivity contribution < 1.29 is 17.9 Å². The minimum Gasteiger partial charge on any atom is -0.493 e. The Morgan fingerprint density at radius 1 is 1.22 bits per heavy atom. The van der Waals surface area contributed by atoms with Crippen molar-refractivity contribution in [2.24, 2.45) is 0 Å². The molecule has 0 aliphatic carbocycles. The van der Waals surface area contributed by atoms with E-state index < -0.39 is 10.0 Å². The fraction of sp³-hybridized carbons (Fsp3) is 0.389. The third kappa shape index (κ3) is 4.19. The molecule has 9 heteroatoms. The number of nitrogens with one attached hydrogen (secondary N) is 1. The largest absolute Gasteiger partial charge is 0.493 e. The SMILES string of the molecule is COc1cc(C)c(S(=O)(=O)N2CCNCC2c2cccnc2)cc1OC.Cl. The van der Waals surface area contributed by atoms with Gasteiger partial charge in [0.1, 0.15) is 0 Å². The van der Waals surface area contributed by atoms with Crippen LogP contribution in [0.2, 0.25) is 0 Å². The summed E-state index contributed by atoms with van der Waals surface area (Å²) in [6.45, 7) is 3.28. The summed E-state index contributed by atoms with van der Waals surface area (Å²) >= 11 is 0. The molecule has 0 spiro atoms. The Bertz CT molecular complexity index is 878. The average molecular weight is 414 g/mol. The van der Waals surface area contributed by atoms with E-state index in [2.05, 4.69) is 10.3 Å². The van der Waals surface area contributed by atoms with Crippen LogP contribution < -0.4 is 14.8 Å². The van der Waals surface area contributed by atoms with Crippen LogP contribution in [0.25, 0.3) is 0 Å². The van der Waals surface area contributed by atoms with E-state index in [-0.39, 0.29) is 23.3 Å². The monoisotopic (exact) mass is 413 g/mol. The lowest BCUT2D eigenvalue weighted by Crippen LogP contribution is -2.48. The number of rotatable bonds is 5. The van der Waals surface area contributed by atoms with Crippen LogP contribution in [0.5, 0.6) is 11.5 Å². The molecule has 0 saturated carbocycles. The smallest absolute Gasteiger partial charge is 0.244 e. The van der Waals surface area contributed by atoms with Gasteiger partial charge in [-0.15, -0.1) is 12.4 Å². The molecule has 1 atom stereocenters. The Balaban J connectivity index is 0.00000261. The second-order valence-corrected chi connectivity index (χ2v) is 7.95. The summed E-state index contributed by atoms with van der Waals surface area (Å²) in [7, 11) is -0.697. The Morgan fingerprint density at radius 2 is 1.93 bits per heavy atom. The highest BCUT2D eigenvalue weighted by Crippen LogP contribution is 2.36. The Hall–Kier alpha value is -1.87. The number of hydrogen-bond donors (Lipinski definition) is 1. The molecule has 2 heterocycles. The number of hydrogen-bond acceptors (Lipinski definition) is 6. The van der Waals surface area contributed by atoms with Gasteiger partial charge in [-0.05, 0) is 30.2 Å². The maximum atomic E-state index is 13.4. The molecule has 1 saturated heterocycles. The number of sulfonamides is 1. The number of aryl methyl sites for hydroxylation is 1. The summed E-state index contributed by atoms with van der Waals surface area (Å²) < 4.78 is 39.0. The third-order valence-electron chi connectivity index (χ3n) is 4.53. The molecule has 1 aliphatic heterocycles. The molecule has 1 aromatic heterocycles. The van der Waals surface area contributed by atoms with Crippen LogP contribution in [0.1, 0.15) is 17.2 Å². The summed E-state index contributed by atoms with van der Waals surface area (Å²) in [5.41, 5.74) is 1.48. The minimum absolute atomic E-state index is 0. The topological polar surface area (TPSA) is 80.8 Å². The standard InChI is InChI=1S/C18H23N3O4S.ClH/c1-13-9-16(24-2)17(25-3)10-18(13)26(22,23)21-8-7-20-12-15(21)14-5-4-6-19-11-14;/h4-6,9-11,15,20H,7-8,12H2,1-3H3;1H. The Kier molecular flexibility index (Phi) is 7.05. The summed E-state index contributed by atoms with van der Waals surface area (Å²) in [5, 5.41) is 3.26. The predicted molar refractivity (Wildman–Crippen MR) is 105 cm³/mol. The first kappa shape index (κ1) is 21.4. The van der Waals surface area contributed by atoms with Crippen LogP contribution in [0.15, 0.2) is 41.6 Å². The van der Waals surface area contributed by atoms with E-state index in [0.717, 1.165) is 5.56 Å². The zero-order valence-corrected chi connectivity index (χ0v) is 17.1. The lowest BCUT2D eigenvalue weighted by atomic mass is 10.1. The molecule has 0 bridgehead atoms. The fourth-order valence-electron chi connectivity index (χ4n) is 3.20. The van der Waals surface area contributed by atoms with Gasteiger partial charge in [0, 0.05) is 38.1 Å². The van der Waals surface area contributed by atoms with E-state index in [0.29, 0.717) is 36.7 Å². The number of piperazine rings is 1. The van der Waals surface area contributed by atoms with Crippen molar-refractivity contribution in [2.75, 3.05) is 33.9 Å². The van der Waals surface area contributed by atoms with Gasteiger partial charge in [-0.25, -0.2) is 8.42 Å². The number of halogens is 1. The number of aromatic nitrogens is 1. The van der Waals surface area contributed by atoms with E-state index in [4.69, 9.17) is 9.47 Å². The third-order valence-corrected chi connectivity index (χ3v) is 6.58. The molecule has 0 radical (unpaired) electrons. The van der Waals surface area contributed by atoms with Crippen molar-refractivity contribution in [3.05, 3.63) is 47.8 Å². The van der Waals surface area contributed by atoms with Crippen molar-refractivity contribution in [3.63, 3.8) is 0 Å². The second-order valence-electron chi connectivity index (χ2n) is 6.09. The molecule has 1 aromatic carbocycles. The molecule has 7 nitrogen and oxygen atoms in total. The Labute approximate surface area is 166 Å². The highest BCUT2D eigenvalue weighted by atomic mass is 35.5. The van der Waals surface area contributed by atoms with Gasteiger partial charge in [-0.2, -0.15) is 4.31 Å². The number of nitrogens with zero attached hydrogens (tertiary/aromatic N) is 2. The van der Waals surface area contributed by atoms with Crippen LogP contribution in [0, 0.1) is 6.92 Å². The average Bonchev–Trinajstić information content (AvgIpc) is 2.68. The Morgan fingerprint density at radius 3 is 2.56 bits per heavy atom. The van der Waals surface area contributed by atoms with Crippen molar-refractivity contribution in [3.8, 4) is 11.5 Å². The van der Waals surface area contributed by atoms with E-state index >= 15 is 0 Å². The highest BCUT2D eigenvalue weighted by molar-refractivity contribution is 7.89. The molecular weight excluding hydrogens is 390 g/mol. The number of methoxy groups -OCH3 is 2. The maximum Gasteiger partial charge on any atom is 0.244 e. The van der Waals surface area contributed by atoms with Gasteiger partial charge in [-0.3, -0.25) is 4.98 Å². The normalized spacial score (nSPS) is 17.8. The van der Waals surface area contributed by atoms with Gasteiger partial charge in [0.25, 0.3) is 0 Å². The summed E-state index contributed by atoms with van der Waals surface area (Å²) in [4.78, 5) is 4.36. The van der Waals surface area contributed by atoms with Crippen molar-refractivity contribution in [1.82, 2.24) is 14.6 Å². The van der Waals surface area contributed by atoms with Crippen LogP contribution in [-0.2, 0) is 10.0 Å². The molecule has 3 rings (SSSR count). The van der Waals surface area contributed by atoms with Crippen LogP contribution >= 0.6 is 12.4 Å². The van der Waals surface area contributed by atoms with Crippen LogP contribution in [0.3, 0.4) is 0 Å². The highest BCUT2D eigenvalue weighted by Gasteiger charge is 2.36. The van der Waals surface area contributed by atoms with Crippen molar-refractivity contribution >= 4 is 22.4 Å². The first-order valence-corrected chi connectivity index (χ1v) is 9.78. The lowest BCUT2D eigenvalue weighted by Gasteiger charge is -2.35. The van der Waals surface area contributed by atoms with Crippen LogP contribution in [-0.4, -0.2) is 51.6 Å². The summed E-state index contributed by atoms with van der Waals surface area (Å²) in [6.07, 6.45) is 3.39. The molecule has 1 fully saturated rings. The number of pyridine rings is 1. The molecule has 0 amide bonds. The zero-order valence-electron chi connectivity index (χ0n) is 15.5. The lowest BCUT2D eigenvalue weighted by molar-refractivity contribution is 0.271. The number of ether oxygens (including phenoxy) is 2. The molecule has 1 N–H and O–H groups in total. The minimum atomic E-state index is -3.72. The van der Waals surface area contributed by atoms with Gasteiger partial charge in [0.2, 0.25) is 10.0 Å². The van der Waals surface area contributed by atoms with Gasteiger partial charge in [0.15, 0.2) is 11.5 Å².